The Morgan fingerprint density at radius 1 is 1.19 bits per heavy atom. The molecule has 2 N–H and O–H groups in total. The van der Waals surface area contributed by atoms with Crippen LogP contribution in [0.2, 0.25) is 0 Å². The first-order chi connectivity index (χ1) is 15.1. The Balaban J connectivity index is 0.00000363. The third kappa shape index (κ3) is 7.07. The average molecular weight is 551 g/mol. The first kappa shape index (κ1) is 25.9. The summed E-state index contributed by atoms with van der Waals surface area (Å²) in [6.07, 6.45) is 2.41. The molecular formula is C24H31FIN5O. The van der Waals surface area contributed by atoms with Crippen LogP contribution in [0.3, 0.4) is 0 Å². The lowest BCUT2D eigenvalue weighted by molar-refractivity contribution is 0.245. The highest BCUT2D eigenvalue weighted by Gasteiger charge is 2.23. The molecule has 2 aromatic carbocycles. The number of halogens is 2. The summed E-state index contributed by atoms with van der Waals surface area (Å²) in [5.41, 5.74) is 2.06. The first-order valence-corrected chi connectivity index (χ1v) is 10.7. The predicted molar refractivity (Wildman–Crippen MR) is 136 cm³/mol. The molecule has 2 aromatic rings. The Bertz CT molecular complexity index is 923. The van der Waals surface area contributed by atoms with E-state index in [4.69, 9.17) is 10.00 Å². The van der Waals surface area contributed by atoms with Crippen LogP contribution in [0.4, 0.5) is 4.39 Å². The Morgan fingerprint density at radius 3 is 2.53 bits per heavy atom. The van der Waals surface area contributed by atoms with Gasteiger partial charge < -0.3 is 15.4 Å². The summed E-state index contributed by atoms with van der Waals surface area (Å²) in [6, 6.07) is 14.8. The molecule has 32 heavy (non-hydrogen) atoms. The number of guanidine groups is 1. The van der Waals surface area contributed by atoms with Crippen LogP contribution in [0.25, 0.3) is 0 Å². The minimum absolute atomic E-state index is 0. The molecule has 1 aliphatic heterocycles. The van der Waals surface area contributed by atoms with Crippen LogP contribution in [0.1, 0.15) is 42.5 Å². The van der Waals surface area contributed by atoms with Crippen LogP contribution < -0.4 is 15.4 Å². The Morgan fingerprint density at radius 2 is 1.91 bits per heavy atom. The van der Waals surface area contributed by atoms with Crippen LogP contribution in [0, 0.1) is 17.1 Å². The van der Waals surface area contributed by atoms with Crippen molar-refractivity contribution in [3.63, 3.8) is 0 Å². The van der Waals surface area contributed by atoms with E-state index in [-0.39, 0.29) is 42.4 Å². The summed E-state index contributed by atoms with van der Waals surface area (Å²) in [5, 5.41) is 15.7. The Kier molecular flexibility index (Phi) is 10.7. The van der Waals surface area contributed by atoms with Gasteiger partial charge in [0.05, 0.1) is 31.3 Å². The van der Waals surface area contributed by atoms with Crippen LogP contribution in [0.15, 0.2) is 47.5 Å². The van der Waals surface area contributed by atoms with Crippen molar-refractivity contribution in [1.82, 2.24) is 15.5 Å². The number of aliphatic imine (C=N–C) groups is 1. The van der Waals surface area contributed by atoms with Crippen molar-refractivity contribution in [2.75, 3.05) is 33.3 Å². The third-order valence-corrected chi connectivity index (χ3v) is 5.47. The normalized spacial score (nSPS) is 14.9. The zero-order valence-electron chi connectivity index (χ0n) is 18.6. The van der Waals surface area contributed by atoms with Crippen molar-refractivity contribution in [3.05, 3.63) is 65.0 Å². The van der Waals surface area contributed by atoms with E-state index in [9.17, 15) is 4.39 Å². The van der Waals surface area contributed by atoms with Gasteiger partial charge in [0.2, 0.25) is 0 Å². The van der Waals surface area contributed by atoms with E-state index in [1.54, 1.807) is 13.2 Å². The van der Waals surface area contributed by atoms with Gasteiger partial charge in [-0.3, -0.25) is 4.90 Å². The molecule has 1 unspecified atom stereocenters. The fourth-order valence-electron chi connectivity index (χ4n) is 3.80. The Hall–Kier alpha value is -2.38. The van der Waals surface area contributed by atoms with E-state index < -0.39 is 0 Å². The summed E-state index contributed by atoms with van der Waals surface area (Å²) < 4.78 is 19.4. The molecule has 8 heteroatoms. The molecule has 1 heterocycles. The summed E-state index contributed by atoms with van der Waals surface area (Å²) >= 11 is 0. The van der Waals surface area contributed by atoms with E-state index in [0.29, 0.717) is 30.2 Å². The zero-order chi connectivity index (χ0) is 22.1. The van der Waals surface area contributed by atoms with Gasteiger partial charge in [-0.05, 0) is 68.8 Å². The minimum atomic E-state index is -0.355. The van der Waals surface area contributed by atoms with Crippen molar-refractivity contribution in [2.45, 2.75) is 32.4 Å². The van der Waals surface area contributed by atoms with Gasteiger partial charge in [0.25, 0.3) is 0 Å². The standard InChI is InChI=1S/C24H30FN5O.HI/c1-3-27-24(28-16-20-14-18(15-26)6-11-22(20)25)29-17-23(30-12-4-5-13-30)19-7-9-21(31-2)10-8-19;/h6-11,14,23H,3-5,12-13,16-17H2,1-2H3,(H2,27,28,29);1H. The van der Waals surface area contributed by atoms with E-state index in [2.05, 4.69) is 32.7 Å². The molecule has 0 bridgehead atoms. The maximum Gasteiger partial charge on any atom is 0.191 e. The van der Waals surface area contributed by atoms with Crippen molar-refractivity contribution in [3.8, 4) is 11.8 Å². The van der Waals surface area contributed by atoms with Crippen molar-refractivity contribution >= 4 is 29.9 Å². The summed E-state index contributed by atoms with van der Waals surface area (Å²) in [7, 11) is 1.67. The maximum atomic E-state index is 14.1. The fraction of sp³-hybridized carbons (Fsp3) is 0.417. The van der Waals surface area contributed by atoms with E-state index in [0.717, 1.165) is 18.8 Å². The van der Waals surface area contributed by atoms with E-state index in [1.165, 1.54) is 30.5 Å². The van der Waals surface area contributed by atoms with Gasteiger partial charge in [-0.15, -0.1) is 24.0 Å². The largest absolute Gasteiger partial charge is 0.497 e. The van der Waals surface area contributed by atoms with Gasteiger partial charge in [0, 0.05) is 18.7 Å². The summed E-state index contributed by atoms with van der Waals surface area (Å²) in [4.78, 5) is 7.03. The second-order valence-electron chi connectivity index (χ2n) is 7.53. The van der Waals surface area contributed by atoms with Gasteiger partial charge in [-0.25, -0.2) is 9.38 Å². The number of ether oxygens (including phenoxy) is 1. The summed E-state index contributed by atoms with van der Waals surface area (Å²) in [6.45, 7) is 5.67. The van der Waals surface area contributed by atoms with E-state index in [1.807, 2.05) is 25.1 Å². The van der Waals surface area contributed by atoms with Crippen molar-refractivity contribution in [2.24, 2.45) is 4.99 Å². The van der Waals surface area contributed by atoms with Crippen LogP contribution in [-0.4, -0.2) is 44.1 Å². The van der Waals surface area contributed by atoms with Gasteiger partial charge in [0.15, 0.2) is 5.96 Å². The number of likely N-dealkylation sites (tertiary alicyclic amines) is 1. The van der Waals surface area contributed by atoms with Crippen LogP contribution in [0.5, 0.6) is 5.75 Å². The molecule has 3 rings (SSSR count). The number of hydrogen-bond acceptors (Lipinski definition) is 4. The second kappa shape index (κ2) is 13.2. The molecule has 0 aliphatic carbocycles. The molecule has 1 fully saturated rings. The van der Waals surface area contributed by atoms with Crippen LogP contribution >= 0.6 is 24.0 Å². The second-order valence-corrected chi connectivity index (χ2v) is 7.53. The number of hydrogen-bond donors (Lipinski definition) is 2. The highest BCUT2D eigenvalue weighted by atomic mass is 127. The number of methoxy groups -OCH3 is 1. The average Bonchev–Trinajstić information content (AvgIpc) is 3.33. The third-order valence-electron chi connectivity index (χ3n) is 5.47. The molecular weight excluding hydrogens is 520 g/mol. The van der Waals surface area contributed by atoms with Gasteiger partial charge >= 0.3 is 0 Å². The molecule has 1 aliphatic rings. The number of nitriles is 1. The molecule has 0 aromatic heterocycles. The molecule has 0 radical (unpaired) electrons. The number of nitrogens with one attached hydrogen (secondary N) is 2. The zero-order valence-corrected chi connectivity index (χ0v) is 20.9. The molecule has 172 valence electrons. The molecule has 1 saturated heterocycles. The maximum absolute atomic E-state index is 14.1. The predicted octanol–water partition coefficient (Wildman–Crippen LogP) is 4.22. The highest BCUT2D eigenvalue weighted by Crippen LogP contribution is 2.26. The summed E-state index contributed by atoms with van der Waals surface area (Å²) in [5.74, 6) is 1.11. The lowest BCUT2D eigenvalue weighted by atomic mass is 10.1. The van der Waals surface area contributed by atoms with Gasteiger partial charge in [-0.2, -0.15) is 5.26 Å². The SMILES string of the molecule is CCNC(=NCc1cc(C#N)ccc1F)NCC(c1ccc(OC)cc1)N1CCCC1.I. The molecule has 6 nitrogen and oxygen atoms in total. The highest BCUT2D eigenvalue weighted by molar-refractivity contribution is 14.0. The van der Waals surface area contributed by atoms with Crippen LogP contribution in [-0.2, 0) is 6.54 Å². The van der Waals surface area contributed by atoms with Gasteiger partial charge in [-0.1, -0.05) is 12.1 Å². The van der Waals surface area contributed by atoms with Crippen molar-refractivity contribution in [1.29, 1.82) is 5.26 Å². The molecule has 0 spiro atoms. The minimum Gasteiger partial charge on any atom is -0.497 e. The van der Waals surface area contributed by atoms with Gasteiger partial charge in [0.1, 0.15) is 11.6 Å². The van der Waals surface area contributed by atoms with E-state index >= 15 is 0 Å². The lowest BCUT2D eigenvalue weighted by Crippen LogP contribution is -2.42. The molecule has 1 atom stereocenters. The smallest absolute Gasteiger partial charge is 0.191 e. The number of nitrogens with zero attached hydrogens (tertiary/aromatic N) is 3. The first-order valence-electron chi connectivity index (χ1n) is 10.7. The number of rotatable bonds is 8. The molecule has 0 amide bonds. The monoisotopic (exact) mass is 551 g/mol. The number of benzene rings is 2. The quantitative estimate of drug-likeness (QED) is 0.292. The topological polar surface area (TPSA) is 72.7 Å². The fourth-order valence-corrected chi connectivity index (χ4v) is 3.80. The Labute approximate surface area is 206 Å². The molecule has 0 saturated carbocycles. The van der Waals surface area contributed by atoms with Crippen molar-refractivity contribution < 1.29 is 9.13 Å². The lowest BCUT2D eigenvalue weighted by Gasteiger charge is -2.29.